The third kappa shape index (κ3) is 17.9. The molecule has 0 saturated carbocycles. The Hall–Kier alpha value is 0.137. The minimum atomic E-state index is -1.21. The maximum Gasteiger partial charge on any atom is 0.185 e. The summed E-state index contributed by atoms with van der Waals surface area (Å²) in [7, 11) is 0.529. The highest BCUT2D eigenvalue weighted by atomic mass is 28.3. The molecule has 0 aromatic rings. The van der Waals surface area contributed by atoms with E-state index in [4.69, 9.17) is 9.16 Å². The molecule has 0 spiro atoms. The predicted molar refractivity (Wildman–Crippen MR) is 124 cm³/mol. The van der Waals surface area contributed by atoms with Crippen LogP contribution in [0.5, 0.6) is 0 Å². The molecular formula is C24H52O2Si. The van der Waals surface area contributed by atoms with Gasteiger partial charge in [0.2, 0.25) is 0 Å². The van der Waals surface area contributed by atoms with Crippen LogP contribution in [0.15, 0.2) is 0 Å². The Morgan fingerprint density at radius 1 is 0.667 bits per heavy atom. The quantitative estimate of drug-likeness (QED) is 0.123. The second kappa shape index (κ2) is 18.2. The first-order valence-corrected chi connectivity index (χ1v) is 14.0. The van der Waals surface area contributed by atoms with Crippen LogP contribution in [-0.2, 0) is 9.16 Å². The van der Waals surface area contributed by atoms with Crippen molar-refractivity contribution in [3.05, 3.63) is 0 Å². The SMILES string of the molecule is CCCCCCCCCCCCCCCCC[SiH](OC(C)OC)C(C)(C)C. The fourth-order valence-electron chi connectivity index (χ4n) is 3.69. The molecule has 0 aliphatic heterocycles. The second-order valence-corrected chi connectivity index (χ2v) is 13.1. The zero-order valence-electron chi connectivity index (χ0n) is 19.8. The van der Waals surface area contributed by atoms with Crippen LogP contribution in [0.2, 0.25) is 11.1 Å². The molecule has 0 aromatic carbocycles. The normalized spacial score (nSPS) is 14.4. The van der Waals surface area contributed by atoms with Crippen molar-refractivity contribution in [3.63, 3.8) is 0 Å². The van der Waals surface area contributed by atoms with E-state index in [9.17, 15) is 0 Å². The average molecular weight is 401 g/mol. The van der Waals surface area contributed by atoms with Gasteiger partial charge < -0.3 is 9.16 Å². The molecular weight excluding hydrogens is 348 g/mol. The largest absolute Gasteiger partial charge is 0.395 e. The Bertz CT molecular complexity index is 301. The van der Waals surface area contributed by atoms with Gasteiger partial charge in [0.05, 0.1) is 0 Å². The van der Waals surface area contributed by atoms with Gasteiger partial charge in [-0.05, 0) is 18.0 Å². The number of hydrogen-bond acceptors (Lipinski definition) is 2. The molecule has 0 fully saturated rings. The summed E-state index contributed by atoms with van der Waals surface area (Å²) in [4.78, 5) is 0. The van der Waals surface area contributed by atoms with E-state index in [-0.39, 0.29) is 6.29 Å². The summed E-state index contributed by atoms with van der Waals surface area (Å²) >= 11 is 0. The third-order valence-corrected chi connectivity index (χ3v) is 9.30. The smallest absolute Gasteiger partial charge is 0.185 e. The van der Waals surface area contributed by atoms with Crippen molar-refractivity contribution < 1.29 is 9.16 Å². The molecule has 0 bridgehead atoms. The van der Waals surface area contributed by atoms with Gasteiger partial charge in [0.25, 0.3) is 0 Å². The van der Waals surface area contributed by atoms with Crippen LogP contribution in [0.4, 0.5) is 0 Å². The lowest BCUT2D eigenvalue weighted by Crippen LogP contribution is -2.33. The minimum absolute atomic E-state index is 0.0442. The molecule has 2 atom stereocenters. The van der Waals surface area contributed by atoms with E-state index in [1.54, 1.807) is 7.11 Å². The topological polar surface area (TPSA) is 18.5 Å². The number of rotatable bonds is 19. The van der Waals surface area contributed by atoms with Crippen molar-refractivity contribution in [2.75, 3.05) is 7.11 Å². The third-order valence-electron chi connectivity index (χ3n) is 5.72. The van der Waals surface area contributed by atoms with Crippen LogP contribution in [0.3, 0.4) is 0 Å². The van der Waals surface area contributed by atoms with Crippen molar-refractivity contribution in [2.45, 2.75) is 148 Å². The van der Waals surface area contributed by atoms with Crippen molar-refractivity contribution >= 4 is 9.04 Å². The van der Waals surface area contributed by atoms with Crippen LogP contribution in [-0.4, -0.2) is 22.4 Å². The van der Waals surface area contributed by atoms with Gasteiger partial charge in [-0.25, -0.2) is 0 Å². The van der Waals surface area contributed by atoms with Crippen molar-refractivity contribution in [2.24, 2.45) is 0 Å². The highest BCUT2D eigenvalue weighted by Crippen LogP contribution is 2.32. The summed E-state index contributed by atoms with van der Waals surface area (Å²) in [5.41, 5.74) is 0. The molecule has 2 nitrogen and oxygen atoms in total. The van der Waals surface area contributed by atoms with Gasteiger partial charge in [0.1, 0.15) is 6.29 Å². The summed E-state index contributed by atoms with van der Waals surface area (Å²) in [6.07, 6.45) is 21.4. The van der Waals surface area contributed by atoms with E-state index in [0.717, 1.165) is 0 Å². The second-order valence-electron chi connectivity index (χ2n) is 9.53. The van der Waals surface area contributed by atoms with Crippen LogP contribution >= 0.6 is 0 Å². The molecule has 27 heavy (non-hydrogen) atoms. The van der Waals surface area contributed by atoms with E-state index >= 15 is 0 Å². The molecule has 0 rings (SSSR count). The van der Waals surface area contributed by atoms with Crippen LogP contribution < -0.4 is 0 Å². The van der Waals surface area contributed by atoms with Crippen LogP contribution in [0.25, 0.3) is 0 Å². The molecule has 0 amide bonds. The molecule has 0 N–H and O–H groups in total. The van der Waals surface area contributed by atoms with E-state index in [1.165, 1.54) is 102 Å². The summed E-state index contributed by atoms with van der Waals surface area (Å²) in [6.45, 7) is 11.3. The number of unbranched alkanes of at least 4 members (excludes halogenated alkanes) is 14. The fourth-order valence-corrected chi connectivity index (χ4v) is 6.34. The molecule has 0 aromatic heterocycles. The highest BCUT2D eigenvalue weighted by molar-refractivity contribution is 6.55. The first-order chi connectivity index (χ1) is 12.9. The Morgan fingerprint density at radius 2 is 1.04 bits per heavy atom. The van der Waals surface area contributed by atoms with Gasteiger partial charge in [-0.1, -0.05) is 124 Å². The molecule has 0 saturated heterocycles. The molecule has 0 aliphatic rings. The monoisotopic (exact) mass is 400 g/mol. The van der Waals surface area contributed by atoms with Crippen molar-refractivity contribution in [1.29, 1.82) is 0 Å². The van der Waals surface area contributed by atoms with Crippen LogP contribution in [0, 0.1) is 0 Å². The van der Waals surface area contributed by atoms with E-state index in [1.807, 2.05) is 6.92 Å². The standard InChI is InChI=1S/C24H52O2Si/c1-7-8-9-10-11-12-13-14-15-16-17-18-19-20-21-22-27(24(3,4)5)26-23(2)25-6/h23,27H,7-22H2,1-6H3. The number of hydrogen-bond donors (Lipinski definition) is 0. The fraction of sp³-hybridized carbons (Fsp3) is 1.00. The van der Waals surface area contributed by atoms with Gasteiger partial charge in [-0.3, -0.25) is 0 Å². The summed E-state index contributed by atoms with van der Waals surface area (Å²) in [5.74, 6) is 0. The lowest BCUT2D eigenvalue weighted by atomic mass is 10.0. The van der Waals surface area contributed by atoms with E-state index < -0.39 is 9.04 Å². The Labute approximate surface area is 173 Å². The molecule has 0 aliphatic carbocycles. The maximum atomic E-state index is 6.20. The lowest BCUT2D eigenvalue weighted by molar-refractivity contribution is -0.0441. The molecule has 2 unspecified atom stereocenters. The van der Waals surface area contributed by atoms with E-state index in [2.05, 4.69) is 27.7 Å². The van der Waals surface area contributed by atoms with Gasteiger partial charge in [-0.2, -0.15) is 0 Å². The van der Waals surface area contributed by atoms with Gasteiger partial charge in [-0.15, -0.1) is 0 Å². The Balaban J connectivity index is 3.45. The van der Waals surface area contributed by atoms with Crippen molar-refractivity contribution in [3.8, 4) is 0 Å². The summed E-state index contributed by atoms with van der Waals surface area (Å²) in [6, 6.07) is 1.29. The molecule has 3 heteroatoms. The number of methoxy groups -OCH3 is 1. The Morgan fingerprint density at radius 3 is 1.37 bits per heavy atom. The molecule has 164 valence electrons. The first kappa shape index (κ1) is 27.1. The van der Waals surface area contributed by atoms with Gasteiger partial charge in [0, 0.05) is 7.11 Å². The zero-order chi connectivity index (χ0) is 20.4. The van der Waals surface area contributed by atoms with E-state index in [0.29, 0.717) is 5.04 Å². The zero-order valence-corrected chi connectivity index (χ0v) is 20.9. The van der Waals surface area contributed by atoms with Crippen LogP contribution in [0.1, 0.15) is 131 Å². The first-order valence-electron chi connectivity index (χ1n) is 12.1. The van der Waals surface area contributed by atoms with Gasteiger partial charge >= 0.3 is 0 Å². The summed E-state index contributed by atoms with van der Waals surface area (Å²) < 4.78 is 11.5. The highest BCUT2D eigenvalue weighted by Gasteiger charge is 2.28. The summed E-state index contributed by atoms with van der Waals surface area (Å²) in [5, 5.41) is 0.322. The average Bonchev–Trinajstić information content (AvgIpc) is 2.62. The van der Waals surface area contributed by atoms with Crippen molar-refractivity contribution in [1.82, 2.24) is 0 Å². The van der Waals surface area contributed by atoms with Gasteiger partial charge in [0.15, 0.2) is 9.04 Å². The molecule has 0 radical (unpaired) electrons. The number of ether oxygens (including phenoxy) is 1. The minimum Gasteiger partial charge on any atom is -0.395 e. The Kier molecular flexibility index (Phi) is 18.3. The molecule has 0 heterocycles. The lowest BCUT2D eigenvalue weighted by Gasteiger charge is -2.31. The maximum absolute atomic E-state index is 6.20. The predicted octanol–water partition coefficient (Wildman–Crippen LogP) is 8.39.